The van der Waals surface area contributed by atoms with E-state index >= 15 is 0 Å². The minimum absolute atomic E-state index is 0.123. The van der Waals surface area contributed by atoms with Crippen LogP contribution in [0.25, 0.3) is 0 Å². The van der Waals surface area contributed by atoms with Gasteiger partial charge in [0.2, 0.25) is 0 Å². The van der Waals surface area contributed by atoms with E-state index in [0.29, 0.717) is 6.04 Å². The minimum atomic E-state index is -0.501. The smallest absolute Gasteiger partial charge is 0.251 e. The van der Waals surface area contributed by atoms with Crippen molar-refractivity contribution in [1.82, 2.24) is 10.6 Å². The second kappa shape index (κ2) is 7.11. The van der Waals surface area contributed by atoms with Gasteiger partial charge in [-0.1, -0.05) is 41.9 Å². The zero-order chi connectivity index (χ0) is 16.2. The van der Waals surface area contributed by atoms with Gasteiger partial charge in [-0.25, -0.2) is 4.39 Å². The number of carbonyl (C=O) groups excluding carboxylic acids is 1. The molecule has 23 heavy (non-hydrogen) atoms. The Morgan fingerprint density at radius 1 is 1.13 bits per heavy atom. The number of hydrogen-bond acceptors (Lipinski definition) is 2. The predicted octanol–water partition coefficient (Wildman–Crippen LogP) is 3.53. The van der Waals surface area contributed by atoms with Crippen LogP contribution in [0, 0.1) is 5.82 Å². The number of halogens is 2. The Morgan fingerprint density at radius 2 is 1.87 bits per heavy atom. The normalized spacial score (nSPS) is 19.9. The molecule has 0 radical (unpaired) electrons. The highest BCUT2D eigenvalue weighted by Gasteiger charge is 2.30. The summed E-state index contributed by atoms with van der Waals surface area (Å²) in [6, 6.07) is 14.6. The summed E-state index contributed by atoms with van der Waals surface area (Å²) < 4.78 is 13.3. The summed E-state index contributed by atoms with van der Waals surface area (Å²) in [4.78, 5) is 12.1. The van der Waals surface area contributed by atoms with Gasteiger partial charge in [0.15, 0.2) is 0 Å². The first-order valence-corrected chi connectivity index (χ1v) is 8.02. The molecule has 0 aliphatic heterocycles. The van der Waals surface area contributed by atoms with E-state index in [1.165, 1.54) is 23.8 Å². The molecule has 0 saturated heterocycles. The molecule has 1 amide bonds. The first-order valence-electron chi connectivity index (χ1n) is 7.64. The van der Waals surface area contributed by atoms with E-state index in [1.807, 2.05) is 18.2 Å². The Balaban J connectivity index is 1.44. The minimum Gasteiger partial charge on any atom is -0.349 e. The summed E-state index contributed by atoms with van der Waals surface area (Å²) in [6.45, 7) is 0.825. The summed E-state index contributed by atoms with van der Waals surface area (Å²) in [5.41, 5.74) is 1.50. The second-order valence-corrected chi connectivity index (χ2v) is 6.30. The standard InChI is InChI=1S/C18H18ClFN2O/c19-14-6-13(7-15(20)8-14)18(23)22-17-9-16(10-17)21-11-12-4-2-1-3-5-12/h1-8,16-17,21H,9-11H2,(H,22,23). The highest BCUT2D eigenvalue weighted by atomic mass is 35.5. The van der Waals surface area contributed by atoms with E-state index in [9.17, 15) is 9.18 Å². The van der Waals surface area contributed by atoms with Gasteiger partial charge in [-0.15, -0.1) is 0 Å². The highest BCUT2D eigenvalue weighted by molar-refractivity contribution is 6.31. The van der Waals surface area contributed by atoms with Crippen LogP contribution in [0.3, 0.4) is 0 Å². The van der Waals surface area contributed by atoms with Gasteiger partial charge in [-0.3, -0.25) is 4.79 Å². The fourth-order valence-electron chi connectivity index (χ4n) is 2.71. The highest BCUT2D eigenvalue weighted by Crippen LogP contribution is 2.21. The van der Waals surface area contributed by atoms with Crippen molar-refractivity contribution in [3.8, 4) is 0 Å². The van der Waals surface area contributed by atoms with Crippen LogP contribution >= 0.6 is 11.6 Å². The average molecular weight is 333 g/mol. The van der Waals surface area contributed by atoms with Crippen LogP contribution in [0.4, 0.5) is 4.39 Å². The zero-order valence-electron chi connectivity index (χ0n) is 12.6. The maximum atomic E-state index is 13.3. The first kappa shape index (κ1) is 16.0. The number of hydrogen-bond donors (Lipinski definition) is 2. The Kier molecular flexibility index (Phi) is 4.94. The van der Waals surface area contributed by atoms with Gasteiger partial charge in [-0.2, -0.15) is 0 Å². The third-order valence-corrected chi connectivity index (χ3v) is 4.25. The van der Waals surface area contributed by atoms with Crippen LogP contribution in [0.1, 0.15) is 28.8 Å². The van der Waals surface area contributed by atoms with Gasteiger partial charge in [-0.05, 0) is 36.6 Å². The first-order chi connectivity index (χ1) is 11.1. The van der Waals surface area contributed by atoms with Gasteiger partial charge >= 0.3 is 0 Å². The Labute approximate surface area is 139 Å². The van der Waals surface area contributed by atoms with Crippen molar-refractivity contribution in [3.63, 3.8) is 0 Å². The Bertz CT molecular complexity index is 666. The van der Waals surface area contributed by atoms with Crippen molar-refractivity contribution < 1.29 is 9.18 Å². The summed E-state index contributed by atoms with van der Waals surface area (Å²) in [5, 5.41) is 6.60. The molecule has 5 heteroatoms. The molecule has 0 bridgehead atoms. The molecular weight excluding hydrogens is 315 g/mol. The molecule has 2 aromatic carbocycles. The van der Waals surface area contributed by atoms with Crippen molar-refractivity contribution >= 4 is 17.5 Å². The molecule has 0 unspecified atom stereocenters. The lowest BCUT2D eigenvalue weighted by molar-refractivity contribution is 0.0901. The number of benzene rings is 2. The molecule has 2 N–H and O–H groups in total. The number of nitrogens with one attached hydrogen (secondary N) is 2. The third kappa shape index (κ3) is 4.30. The van der Waals surface area contributed by atoms with E-state index < -0.39 is 5.82 Å². The van der Waals surface area contributed by atoms with Crippen LogP contribution in [0.15, 0.2) is 48.5 Å². The molecule has 2 aromatic rings. The zero-order valence-corrected chi connectivity index (χ0v) is 13.3. The lowest BCUT2D eigenvalue weighted by atomic mass is 9.86. The summed E-state index contributed by atoms with van der Waals surface area (Å²) in [6.07, 6.45) is 1.75. The number of rotatable bonds is 5. The molecule has 0 heterocycles. The summed E-state index contributed by atoms with van der Waals surface area (Å²) >= 11 is 5.77. The molecule has 1 saturated carbocycles. The topological polar surface area (TPSA) is 41.1 Å². The lowest BCUT2D eigenvalue weighted by Crippen LogP contribution is -2.52. The Morgan fingerprint density at radius 3 is 2.57 bits per heavy atom. The predicted molar refractivity (Wildman–Crippen MR) is 89.0 cm³/mol. The van der Waals surface area contributed by atoms with Crippen molar-refractivity contribution in [3.05, 3.63) is 70.5 Å². The van der Waals surface area contributed by atoms with E-state index in [4.69, 9.17) is 11.6 Å². The van der Waals surface area contributed by atoms with E-state index in [1.54, 1.807) is 0 Å². The summed E-state index contributed by atoms with van der Waals surface area (Å²) in [5.74, 6) is -0.781. The van der Waals surface area contributed by atoms with Gasteiger partial charge in [0, 0.05) is 29.2 Å². The van der Waals surface area contributed by atoms with Crippen molar-refractivity contribution in [1.29, 1.82) is 0 Å². The van der Waals surface area contributed by atoms with Crippen LogP contribution in [-0.2, 0) is 6.54 Å². The monoisotopic (exact) mass is 332 g/mol. The molecule has 0 atom stereocenters. The van der Waals surface area contributed by atoms with Gasteiger partial charge in [0.25, 0.3) is 5.91 Å². The van der Waals surface area contributed by atoms with Crippen molar-refractivity contribution in [2.24, 2.45) is 0 Å². The molecular formula is C18H18ClFN2O. The third-order valence-electron chi connectivity index (χ3n) is 4.04. The number of amides is 1. The molecule has 0 spiro atoms. The molecule has 1 aliphatic rings. The van der Waals surface area contributed by atoms with E-state index in [2.05, 4.69) is 22.8 Å². The maximum Gasteiger partial charge on any atom is 0.251 e. The van der Waals surface area contributed by atoms with Crippen LogP contribution < -0.4 is 10.6 Å². The van der Waals surface area contributed by atoms with Gasteiger partial charge in [0.1, 0.15) is 5.82 Å². The van der Waals surface area contributed by atoms with Crippen LogP contribution in [0.5, 0.6) is 0 Å². The second-order valence-electron chi connectivity index (χ2n) is 5.86. The largest absolute Gasteiger partial charge is 0.349 e. The molecule has 1 fully saturated rings. The molecule has 120 valence electrons. The maximum absolute atomic E-state index is 13.3. The van der Waals surface area contributed by atoms with E-state index in [-0.39, 0.29) is 22.5 Å². The molecule has 0 aromatic heterocycles. The Hall–Kier alpha value is -1.91. The summed E-state index contributed by atoms with van der Waals surface area (Å²) in [7, 11) is 0. The van der Waals surface area contributed by atoms with Gasteiger partial charge < -0.3 is 10.6 Å². The molecule has 3 rings (SSSR count). The quantitative estimate of drug-likeness (QED) is 0.879. The van der Waals surface area contributed by atoms with Crippen molar-refractivity contribution in [2.75, 3.05) is 0 Å². The van der Waals surface area contributed by atoms with Crippen LogP contribution in [-0.4, -0.2) is 18.0 Å². The van der Waals surface area contributed by atoms with Crippen molar-refractivity contribution in [2.45, 2.75) is 31.5 Å². The molecule has 1 aliphatic carbocycles. The number of carbonyl (C=O) groups is 1. The molecule has 3 nitrogen and oxygen atoms in total. The SMILES string of the molecule is O=C(NC1CC(NCc2ccccc2)C1)c1cc(F)cc(Cl)c1. The fraction of sp³-hybridized carbons (Fsp3) is 0.278. The van der Waals surface area contributed by atoms with E-state index in [0.717, 1.165) is 19.4 Å². The van der Waals surface area contributed by atoms with Gasteiger partial charge in [0.05, 0.1) is 0 Å². The van der Waals surface area contributed by atoms with Crippen LogP contribution in [0.2, 0.25) is 5.02 Å². The average Bonchev–Trinajstić information content (AvgIpc) is 2.49. The lowest BCUT2D eigenvalue weighted by Gasteiger charge is -2.36. The fourth-order valence-corrected chi connectivity index (χ4v) is 2.94.